The molecule has 0 radical (unpaired) electrons. The lowest BCUT2D eigenvalue weighted by atomic mass is 10.2. The zero-order valence-corrected chi connectivity index (χ0v) is 9.44. The van der Waals surface area contributed by atoms with Gasteiger partial charge < -0.3 is 10.1 Å². The zero-order chi connectivity index (χ0) is 9.94. The molecule has 0 aromatic carbocycles. The number of rotatable bonds is 9. The highest BCUT2D eigenvalue weighted by Crippen LogP contribution is 1.96. The number of ether oxygens (including phenoxy) is 1. The molecule has 1 unspecified atom stereocenters. The molecule has 2 heteroatoms. The van der Waals surface area contributed by atoms with Crippen LogP contribution in [0.1, 0.15) is 46.5 Å². The normalized spacial score (nSPS) is 13.2. The third kappa shape index (κ3) is 9.84. The Morgan fingerprint density at radius 2 is 1.92 bits per heavy atom. The first-order valence-corrected chi connectivity index (χ1v) is 5.62. The maximum Gasteiger partial charge on any atom is 0.0480 e. The summed E-state index contributed by atoms with van der Waals surface area (Å²) in [6, 6.07) is 0.594. The van der Waals surface area contributed by atoms with Crippen molar-refractivity contribution in [1.29, 1.82) is 0 Å². The lowest BCUT2D eigenvalue weighted by Gasteiger charge is -2.11. The lowest BCUT2D eigenvalue weighted by molar-refractivity contribution is 0.122. The highest BCUT2D eigenvalue weighted by Gasteiger charge is 1.98. The van der Waals surface area contributed by atoms with Crippen molar-refractivity contribution in [2.45, 2.75) is 52.5 Å². The maximum absolute atomic E-state index is 5.51. The van der Waals surface area contributed by atoms with E-state index in [1.165, 1.54) is 19.3 Å². The Hall–Kier alpha value is -0.0800. The van der Waals surface area contributed by atoms with E-state index in [1.54, 1.807) is 0 Å². The monoisotopic (exact) mass is 187 g/mol. The van der Waals surface area contributed by atoms with Gasteiger partial charge in [-0.15, -0.1) is 0 Å². The molecule has 0 heterocycles. The second-order valence-electron chi connectivity index (χ2n) is 3.57. The van der Waals surface area contributed by atoms with Crippen LogP contribution in [0.25, 0.3) is 0 Å². The first-order valence-electron chi connectivity index (χ1n) is 5.62. The third-order valence-electron chi connectivity index (χ3n) is 2.14. The van der Waals surface area contributed by atoms with Crippen LogP contribution in [0.5, 0.6) is 0 Å². The van der Waals surface area contributed by atoms with Crippen molar-refractivity contribution in [2.24, 2.45) is 0 Å². The van der Waals surface area contributed by atoms with Crippen molar-refractivity contribution in [3.05, 3.63) is 0 Å². The molecule has 2 nitrogen and oxygen atoms in total. The minimum atomic E-state index is 0.594. The molecule has 0 saturated heterocycles. The minimum Gasteiger partial charge on any atom is -0.381 e. The highest BCUT2D eigenvalue weighted by molar-refractivity contribution is 4.57. The van der Waals surface area contributed by atoms with Crippen LogP contribution in [0, 0.1) is 0 Å². The molecule has 0 aromatic heterocycles. The van der Waals surface area contributed by atoms with Gasteiger partial charge in [0.05, 0.1) is 0 Å². The summed E-state index contributed by atoms with van der Waals surface area (Å²) in [5, 5.41) is 3.37. The summed E-state index contributed by atoms with van der Waals surface area (Å²) in [7, 11) is 0. The molecule has 0 rings (SSSR count). The fourth-order valence-electron chi connectivity index (χ4n) is 1.27. The molecule has 1 atom stereocenters. The molecular weight excluding hydrogens is 162 g/mol. The largest absolute Gasteiger partial charge is 0.381 e. The molecule has 0 aliphatic rings. The maximum atomic E-state index is 5.51. The van der Waals surface area contributed by atoms with Gasteiger partial charge >= 0.3 is 0 Å². The van der Waals surface area contributed by atoms with Gasteiger partial charge in [-0.2, -0.15) is 0 Å². The summed E-state index contributed by atoms with van der Waals surface area (Å²) in [6.07, 6.45) is 4.91. The lowest BCUT2D eigenvalue weighted by Crippen LogP contribution is -2.26. The van der Waals surface area contributed by atoms with Gasteiger partial charge in [-0.3, -0.25) is 0 Å². The van der Waals surface area contributed by atoms with Crippen molar-refractivity contribution in [1.82, 2.24) is 5.32 Å². The van der Waals surface area contributed by atoms with Crippen LogP contribution in [0.3, 0.4) is 0 Å². The van der Waals surface area contributed by atoms with Crippen LogP contribution in [0.4, 0.5) is 0 Å². The number of unbranched alkanes of at least 4 members (excludes halogenated alkanes) is 2. The first-order chi connectivity index (χ1) is 6.31. The molecule has 0 fully saturated rings. The first kappa shape index (κ1) is 12.9. The Morgan fingerprint density at radius 3 is 2.54 bits per heavy atom. The van der Waals surface area contributed by atoms with Crippen LogP contribution in [-0.4, -0.2) is 25.8 Å². The van der Waals surface area contributed by atoms with Gasteiger partial charge in [0.2, 0.25) is 0 Å². The molecule has 0 aromatic rings. The second kappa shape index (κ2) is 10.0. The predicted molar refractivity (Wildman–Crippen MR) is 58.1 cm³/mol. The Kier molecular flexibility index (Phi) is 9.94. The van der Waals surface area contributed by atoms with Crippen LogP contribution in [0.15, 0.2) is 0 Å². The fraction of sp³-hybridized carbons (Fsp3) is 1.00. The summed E-state index contributed by atoms with van der Waals surface area (Å²) in [5.41, 5.74) is 0. The minimum absolute atomic E-state index is 0.594. The van der Waals surface area contributed by atoms with E-state index in [2.05, 4.69) is 26.1 Å². The van der Waals surface area contributed by atoms with Crippen molar-refractivity contribution in [2.75, 3.05) is 19.8 Å². The van der Waals surface area contributed by atoms with Crippen molar-refractivity contribution in [3.8, 4) is 0 Å². The Balaban J connectivity index is 2.97. The average molecular weight is 187 g/mol. The molecule has 0 amide bonds. The van der Waals surface area contributed by atoms with E-state index >= 15 is 0 Å². The summed E-state index contributed by atoms with van der Waals surface area (Å²) in [6.45, 7) is 9.45. The van der Waals surface area contributed by atoms with Gasteiger partial charge in [0, 0.05) is 19.3 Å². The molecule has 0 aliphatic heterocycles. The second-order valence-corrected chi connectivity index (χ2v) is 3.57. The van der Waals surface area contributed by atoms with Gasteiger partial charge in [-0.1, -0.05) is 26.7 Å². The van der Waals surface area contributed by atoms with Crippen LogP contribution < -0.4 is 5.32 Å². The van der Waals surface area contributed by atoms with Gasteiger partial charge in [-0.05, 0) is 26.3 Å². The van der Waals surface area contributed by atoms with E-state index in [4.69, 9.17) is 4.74 Å². The van der Waals surface area contributed by atoms with Gasteiger partial charge in [0.25, 0.3) is 0 Å². The third-order valence-corrected chi connectivity index (χ3v) is 2.14. The van der Waals surface area contributed by atoms with Crippen LogP contribution >= 0.6 is 0 Å². The summed E-state index contributed by atoms with van der Waals surface area (Å²) >= 11 is 0. The molecule has 13 heavy (non-hydrogen) atoms. The van der Waals surface area contributed by atoms with E-state index in [0.29, 0.717) is 6.04 Å². The predicted octanol–water partition coefficient (Wildman–Crippen LogP) is 2.58. The molecule has 0 aliphatic carbocycles. The van der Waals surface area contributed by atoms with Crippen molar-refractivity contribution < 1.29 is 4.74 Å². The number of hydrogen-bond acceptors (Lipinski definition) is 2. The summed E-state index contributed by atoms with van der Waals surface area (Å²) < 4.78 is 5.51. The molecule has 0 spiro atoms. The van der Waals surface area contributed by atoms with Crippen LogP contribution in [0.2, 0.25) is 0 Å². The van der Waals surface area contributed by atoms with E-state index in [-0.39, 0.29) is 0 Å². The van der Waals surface area contributed by atoms with Gasteiger partial charge in [0.1, 0.15) is 0 Å². The quantitative estimate of drug-likeness (QED) is 0.560. The summed E-state index contributed by atoms with van der Waals surface area (Å²) in [4.78, 5) is 0. The average Bonchev–Trinajstić information content (AvgIpc) is 2.11. The van der Waals surface area contributed by atoms with Crippen LogP contribution in [-0.2, 0) is 4.74 Å². The smallest absolute Gasteiger partial charge is 0.0480 e. The topological polar surface area (TPSA) is 21.3 Å². The Bertz CT molecular complexity index is 96.1. The number of nitrogens with one attached hydrogen (secondary N) is 1. The molecular formula is C11H25NO. The van der Waals surface area contributed by atoms with Gasteiger partial charge in [-0.25, -0.2) is 0 Å². The highest BCUT2D eigenvalue weighted by atomic mass is 16.5. The molecule has 1 N–H and O–H groups in total. The van der Waals surface area contributed by atoms with Crippen molar-refractivity contribution in [3.63, 3.8) is 0 Å². The molecule has 0 saturated carbocycles. The summed E-state index contributed by atoms with van der Waals surface area (Å²) in [5.74, 6) is 0. The standard InChI is InChI=1S/C11H25NO/c1-4-6-7-9-13-10-8-11(3)12-5-2/h11-12H,4-10H2,1-3H3. The number of hydrogen-bond donors (Lipinski definition) is 1. The Morgan fingerprint density at radius 1 is 1.15 bits per heavy atom. The van der Waals surface area contributed by atoms with E-state index in [9.17, 15) is 0 Å². The Labute approximate surface area is 83.1 Å². The van der Waals surface area contributed by atoms with E-state index in [0.717, 1.165) is 26.2 Å². The van der Waals surface area contributed by atoms with Gasteiger partial charge in [0.15, 0.2) is 0 Å². The van der Waals surface area contributed by atoms with E-state index < -0.39 is 0 Å². The van der Waals surface area contributed by atoms with E-state index in [1.807, 2.05) is 0 Å². The zero-order valence-electron chi connectivity index (χ0n) is 9.44. The molecule has 80 valence electrons. The molecule has 0 bridgehead atoms. The fourth-order valence-corrected chi connectivity index (χ4v) is 1.27. The SMILES string of the molecule is CCCCCOCCC(C)NCC. The van der Waals surface area contributed by atoms with Crippen molar-refractivity contribution >= 4 is 0 Å².